The minimum absolute atomic E-state index is 0.640. The van der Waals surface area contributed by atoms with Gasteiger partial charge in [0.25, 0.3) is 0 Å². The molecule has 1 N–H and O–H groups in total. The van der Waals surface area contributed by atoms with Crippen LogP contribution in [0, 0.1) is 0 Å². The zero-order valence-electron chi connectivity index (χ0n) is 12.8. The molecule has 0 radical (unpaired) electrons. The predicted molar refractivity (Wildman–Crippen MR) is 80.6 cm³/mol. The van der Waals surface area contributed by atoms with Crippen molar-refractivity contribution in [3.8, 4) is 0 Å². The number of rotatable bonds is 14. The summed E-state index contributed by atoms with van der Waals surface area (Å²) in [5.74, 6) is 0.935. The van der Waals surface area contributed by atoms with Gasteiger partial charge in [0.05, 0.1) is 26.4 Å². The molecule has 0 saturated heterocycles. The quantitative estimate of drug-likeness (QED) is 0.380. The molecule has 0 amide bonds. The first-order valence-corrected chi connectivity index (χ1v) is 8.02. The first-order valence-electron chi connectivity index (χ1n) is 7.03. The molecule has 0 bridgehead atoms. The van der Waals surface area contributed by atoms with Gasteiger partial charge in [-0.05, 0) is 16.8 Å². The lowest BCUT2D eigenvalue weighted by molar-refractivity contribution is 0.0713. The van der Waals surface area contributed by atoms with Gasteiger partial charge in [-0.2, -0.15) is 0 Å². The molecule has 0 unspecified atom stereocenters. The fourth-order valence-corrected chi connectivity index (χ4v) is 2.31. The lowest BCUT2D eigenvalue weighted by atomic mass is 10.5. The standard InChI is InChI=1S/C12H25N5O3S/c1-18-8-5-13-4-6-17-12(14-15-16-17)21-11-3-7-20-10-9-19-2/h13H,3-11H2,1-2H3. The maximum atomic E-state index is 5.41. The molecule has 0 fully saturated rings. The molecule has 122 valence electrons. The number of hydrogen-bond donors (Lipinski definition) is 1. The predicted octanol–water partition coefficient (Wildman–Crippen LogP) is 0.0543. The van der Waals surface area contributed by atoms with Crippen LogP contribution in [0.15, 0.2) is 5.16 Å². The van der Waals surface area contributed by atoms with E-state index in [4.69, 9.17) is 14.2 Å². The van der Waals surface area contributed by atoms with E-state index in [0.29, 0.717) is 19.8 Å². The maximum Gasteiger partial charge on any atom is 0.209 e. The first kappa shape index (κ1) is 18.3. The van der Waals surface area contributed by atoms with E-state index in [-0.39, 0.29) is 0 Å². The summed E-state index contributed by atoms with van der Waals surface area (Å²) in [7, 11) is 3.36. The van der Waals surface area contributed by atoms with Gasteiger partial charge in [0.2, 0.25) is 5.16 Å². The van der Waals surface area contributed by atoms with Gasteiger partial charge < -0.3 is 19.5 Å². The van der Waals surface area contributed by atoms with Crippen molar-refractivity contribution in [3.05, 3.63) is 0 Å². The Morgan fingerprint density at radius 3 is 2.76 bits per heavy atom. The average molecular weight is 319 g/mol. The zero-order chi connectivity index (χ0) is 15.2. The van der Waals surface area contributed by atoms with Crippen LogP contribution in [0.25, 0.3) is 0 Å². The van der Waals surface area contributed by atoms with E-state index in [2.05, 4.69) is 20.8 Å². The van der Waals surface area contributed by atoms with Crippen LogP contribution < -0.4 is 5.32 Å². The van der Waals surface area contributed by atoms with Crippen molar-refractivity contribution < 1.29 is 14.2 Å². The number of methoxy groups -OCH3 is 2. The van der Waals surface area contributed by atoms with Crippen LogP contribution in [0.2, 0.25) is 0 Å². The molecular weight excluding hydrogens is 294 g/mol. The Balaban J connectivity index is 2.08. The summed E-state index contributed by atoms with van der Waals surface area (Å²) < 4.78 is 17.1. The second-order valence-electron chi connectivity index (χ2n) is 4.23. The number of nitrogens with one attached hydrogen (secondary N) is 1. The van der Waals surface area contributed by atoms with Gasteiger partial charge in [0.15, 0.2) is 0 Å². The topological polar surface area (TPSA) is 83.3 Å². The molecule has 8 nitrogen and oxygen atoms in total. The van der Waals surface area contributed by atoms with E-state index in [0.717, 1.165) is 43.6 Å². The molecule has 0 aliphatic heterocycles. The van der Waals surface area contributed by atoms with Crippen LogP contribution in [0.5, 0.6) is 0 Å². The van der Waals surface area contributed by atoms with Crippen molar-refractivity contribution in [1.82, 2.24) is 25.5 Å². The molecule has 1 aromatic rings. The molecule has 0 spiro atoms. The molecule has 0 aliphatic carbocycles. The molecule has 1 rings (SSSR count). The highest BCUT2D eigenvalue weighted by molar-refractivity contribution is 7.99. The van der Waals surface area contributed by atoms with Crippen molar-refractivity contribution >= 4 is 11.8 Å². The minimum Gasteiger partial charge on any atom is -0.383 e. The molecule has 0 aliphatic rings. The van der Waals surface area contributed by atoms with Gasteiger partial charge in [-0.15, -0.1) is 5.10 Å². The normalized spacial score (nSPS) is 11.1. The fourth-order valence-electron chi connectivity index (χ4n) is 1.49. The van der Waals surface area contributed by atoms with E-state index in [1.54, 1.807) is 26.0 Å². The number of ether oxygens (including phenoxy) is 3. The number of thioether (sulfide) groups is 1. The maximum absolute atomic E-state index is 5.41. The summed E-state index contributed by atoms with van der Waals surface area (Å²) >= 11 is 1.65. The minimum atomic E-state index is 0.640. The summed E-state index contributed by atoms with van der Waals surface area (Å²) in [5, 5.41) is 15.9. The largest absolute Gasteiger partial charge is 0.383 e. The smallest absolute Gasteiger partial charge is 0.209 e. The monoisotopic (exact) mass is 319 g/mol. The zero-order valence-corrected chi connectivity index (χ0v) is 13.6. The Kier molecular flexibility index (Phi) is 11.3. The molecule has 1 heterocycles. The van der Waals surface area contributed by atoms with Crippen LogP contribution in [-0.2, 0) is 20.8 Å². The van der Waals surface area contributed by atoms with Crippen LogP contribution >= 0.6 is 11.8 Å². The van der Waals surface area contributed by atoms with Crippen molar-refractivity contribution in [2.45, 2.75) is 18.1 Å². The first-order chi connectivity index (χ1) is 10.4. The van der Waals surface area contributed by atoms with Crippen LogP contribution in [0.4, 0.5) is 0 Å². The Morgan fingerprint density at radius 2 is 1.95 bits per heavy atom. The van der Waals surface area contributed by atoms with Crippen molar-refractivity contribution in [1.29, 1.82) is 0 Å². The highest BCUT2D eigenvalue weighted by Crippen LogP contribution is 2.14. The highest BCUT2D eigenvalue weighted by Gasteiger charge is 2.05. The summed E-state index contributed by atoms with van der Waals surface area (Å²) in [5.41, 5.74) is 0. The highest BCUT2D eigenvalue weighted by atomic mass is 32.2. The Bertz CT molecular complexity index is 353. The third kappa shape index (κ3) is 8.99. The fraction of sp³-hybridized carbons (Fsp3) is 0.917. The van der Waals surface area contributed by atoms with E-state index in [9.17, 15) is 0 Å². The third-order valence-electron chi connectivity index (χ3n) is 2.58. The van der Waals surface area contributed by atoms with Crippen molar-refractivity contribution in [2.75, 3.05) is 59.5 Å². The van der Waals surface area contributed by atoms with Crippen LogP contribution in [-0.4, -0.2) is 79.7 Å². The molecule has 21 heavy (non-hydrogen) atoms. The summed E-state index contributed by atoms with van der Waals surface area (Å²) in [6.07, 6.45) is 0.966. The molecule has 1 aromatic heterocycles. The van der Waals surface area contributed by atoms with Gasteiger partial charge in [-0.3, -0.25) is 0 Å². The SMILES string of the molecule is COCCNCCn1nnnc1SCCCOCCOC. The molecule has 0 aromatic carbocycles. The van der Waals surface area contributed by atoms with Crippen LogP contribution in [0.3, 0.4) is 0 Å². The molecule has 0 saturated carbocycles. The second kappa shape index (κ2) is 13.0. The molecular formula is C12H25N5O3S. The van der Waals surface area contributed by atoms with Crippen molar-refractivity contribution in [3.63, 3.8) is 0 Å². The van der Waals surface area contributed by atoms with E-state index in [1.165, 1.54) is 0 Å². The third-order valence-corrected chi connectivity index (χ3v) is 3.62. The van der Waals surface area contributed by atoms with Gasteiger partial charge >= 0.3 is 0 Å². The van der Waals surface area contributed by atoms with E-state index < -0.39 is 0 Å². The Labute approximate surface area is 129 Å². The molecule has 0 atom stereocenters. The van der Waals surface area contributed by atoms with E-state index in [1.807, 2.05) is 4.68 Å². The van der Waals surface area contributed by atoms with Gasteiger partial charge in [-0.25, -0.2) is 4.68 Å². The summed E-state index contributed by atoms with van der Waals surface area (Å²) in [6.45, 7) is 5.13. The van der Waals surface area contributed by atoms with Gasteiger partial charge in [0, 0.05) is 39.7 Å². The lowest BCUT2D eigenvalue weighted by Crippen LogP contribution is -2.24. The Hall–Kier alpha value is -0.740. The second-order valence-corrected chi connectivity index (χ2v) is 5.30. The van der Waals surface area contributed by atoms with Crippen molar-refractivity contribution in [2.24, 2.45) is 0 Å². The lowest BCUT2D eigenvalue weighted by Gasteiger charge is -2.06. The van der Waals surface area contributed by atoms with Crippen LogP contribution in [0.1, 0.15) is 6.42 Å². The average Bonchev–Trinajstić information content (AvgIpc) is 2.94. The number of tetrazole rings is 1. The Morgan fingerprint density at radius 1 is 1.10 bits per heavy atom. The number of nitrogens with zero attached hydrogens (tertiary/aromatic N) is 4. The van der Waals surface area contributed by atoms with E-state index >= 15 is 0 Å². The van der Waals surface area contributed by atoms with Gasteiger partial charge in [-0.1, -0.05) is 11.8 Å². The molecule has 9 heteroatoms. The van der Waals surface area contributed by atoms with Gasteiger partial charge in [0.1, 0.15) is 0 Å². The number of hydrogen-bond acceptors (Lipinski definition) is 8. The summed E-state index contributed by atoms with van der Waals surface area (Å²) in [4.78, 5) is 0. The number of aromatic nitrogens is 4. The summed E-state index contributed by atoms with van der Waals surface area (Å²) in [6, 6.07) is 0.